The standard InChI is InChI=1S/C28H26ClN3SSi2/c29-26(21-30)31-33-32(34-27(22-13-5-1-6-14-22)23-15-7-2-8-16-23)35-28(24-17-9-3-10-18-24)25-19-11-4-12-20-25/h1-20,27-28H,34-35H2. The highest BCUT2D eigenvalue weighted by Crippen LogP contribution is 2.30. The monoisotopic (exact) mass is 527 g/mol. The van der Waals surface area contributed by atoms with Crippen molar-refractivity contribution in [3.05, 3.63) is 144 Å². The number of hydrogen-bond donors (Lipinski definition) is 0. The van der Waals surface area contributed by atoms with Gasteiger partial charge in [0.05, 0.1) is 0 Å². The van der Waals surface area contributed by atoms with Gasteiger partial charge in [0, 0.05) is 23.2 Å². The molecule has 174 valence electrons. The van der Waals surface area contributed by atoms with Gasteiger partial charge in [0.15, 0.2) is 0 Å². The highest BCUT2D eigenvalue weighted by molar-refractivity contribution is 7.97. The van der Waals surface area contributed by atoms with Gasteiger partial charge in [-0.1, -0.05) is 121 Å². The summed E-state index contributed by atoms with van der Waals surface area (Å²) in [4.78, 5) is 0. The van der Waals surface area contributed by atoms with Crippen LogP contribution in [0.2, 0.25) is 0 Å². The maximum atomic E-state index is 9.20. The third-order valence-electron chi connectivity index (χ3n) is 5.91. The molecule has 0 radical (unpaired) electrons. The molecule has 0 atom stereocenters. The first-order valence-electron chi connectivity index (χ1n) is 11.5. The third kappa shape index (κ3) is 7.28. The van der Waals surface area contributed by atoms with Gasteiger partial charge in [0.25, 0.3) is 0 Å². The van der Waals surface area contributed by atoms with E-state index in [1.807, 2.05) is 6.07 Å². The van der Waals surface area contributed by atoms with Crippen molar-refractivity contribution in [1.29, 1.82) is 5.26 Å². The Morgan fingerprint density at radius 3 is 1.26 bits per heavy atom. The Hall–Kier alpha value is -2.93. The number of nitriles is 1. The highest BCUT2D eigenvalue weighted by atomic mass is 35.5. The summed E-state index contributed by atoms with van der Waals surface area (Å²) in [6.07, 6.45) is 0. The molecule has 7 heteroatoms. The zero-order valence-corrected chi connectivity index (χ0v) is 23.6. The number of benzene rings is 4. The summed E-state index contributed by atoms with van der Waals surface area (Å²) in [5.74, 6) is 0. The van der Waals surface area contributed by atoms with Crippen LogP contribution in [0.25, 0.3) is 0 Å². The van der Waals surface area contributed by atoms with Gasteiger partial charge in [0.1, 0.15) is 25.4 Å². The molecule has 0 heterocycles. The second-order valence-corrected chi connectivity index (χ2v) is 15.1. The molecule has 0 aromatic heterocycles. The van der Waals surface area contributed by atoms with Crippen molar-refractivity contribution in [2.45, 2.75) is 11.1 Å². The fourth-order valence-corrected chi connectivity index (χ4v) is 11.2. The van der Waals surface area contributed by atoms with Crippen LogP contribution < -0.4 is 0 Å². The van der Waals surface area contributed by atoms with Gasteiger partial charge >= 0.3 is 0 Å². The Morgan fingerprint density at radius 2 is 0.971 bits per heavy atom. The first-order valence-corrected chi connectivity index (χ1v) is 15.5. The predicted molar refractivity (Wildman–Crippen MR) is 155 cm³/mol. The van der Waals surface area contributed by atoms with E-state index in [0.717, 1.165) is 0 Å². The van der Waals surface area contributed by atoms with Crippen LogP contribution in [0.3, 0.4) is 0 Å². The molecule has 0 unspecified atom stereocenters. The molecule has 0 N–H and O–H groups in total. The van der Waals surface area contributed by atoms with Crippen LogP contribution in [-0.2, 0) is 0 Å². The molecule has 0 aliphatic carbocycles. The average molecular weight is 528 g/mol. The van der Waals surface area contributed by atoms with Crippen LogP contribution >= 0.6 is 23.7 Å². The maximum absolute atomic E-state index is 9.20. The van der Waals surface area contributed by atoms with Gasteiger partial charge in [-0.15, -0.1) is 0 Å². The van der Waals surface area contributed by atoms with E-state index in [9.17, 15) is 5.26 Å². The van der Waals surface area contributed by atoms with Gasteiger partial charge in [-0.3, -0.25) is 3.64 Å². The van der Waals surface area contributed by atoms with E-state index in [4.69, 9.17) is 11.6 Å². The molecule has 0 saturated heterocycles. The van der Waals surface area contributed by atoms with E-state index in [2.05, 4.69) is 129 Å². The zero-order valence-electron chi connectivity index (χ0n) is 19.2. The Bertz CT molecular complexity index is 1090. The third-order valence-corrected chi connectivity index (χ3v) is 13.2. The number of hydrogen-bond acceptors (Lipinski definition) is 4. The van der Waals surface area contributed by atoms with E-state index in [1.54, 1.807) is 0 Å². The van der Waals surface area contributed by atoms with Crippen LogP contribution in [0, 0.1) is 11.3 Å². The Kier molecular flexibility index (Phi) is 9.52. The highest BCUT2D eigenvalue weighted by Gasteiger charge is 2.24. The van der Waals surface area contributed by atoms with Gasteiger partial charge in [0.2, 0.25) is 5.17 Å². The summed E-state index contributed by atoms with van der Waals surface area (Å²) >= 11 is 7.40. The molecule has 0 bridgehead atoms. The fraction of sp³-hybridized carbons (Fsp3) is 0.0714. The van der Waals surface area contributed by atoms with E-state index in [0.29, 0.717) is 11.1 Å². The molecule has 3 nitrogen and oxygen atoms in total. The summed E-state index contributed by atoms with van der Waals surface area (Å²) in [5.41, 5.74) is 5.88. The van der Waals surface area contributed by atoms with E-state index >= 15 is 0 Å². The van der Waals surface area contributed by atoms with Crippen molar-refractivity contribution in [2.24, 2.45) is 4.40 Å². The SMILES string of the molecule is N#CC(Cl)=NSN([SiH2]C(c1ccccc1)c1ccccc1)[SiH2]C(c1ccccc1)c1ccccc1. The lowest BCUT2D eigenvalue weighted by atomic mass is 10.0. The van der Waals surface area contributed by atoms with Crippen LogP contribution in [0.1, 0.15) is 33.3 Å². The Morgan fingerprint density at radius 1 is 0.657 bits per heavy atom. The van der Waals surface area contributed by atoms with Crippen molar-refractivity contribution >= 4 is 48.3 Å². The number of rotatable bonds is 10. The van der Waals surface area contributed by atoms with Crippen molar-refractivity contribution < 1.29 is 0 Å². The molecule has 0 fully saturated rings. The number of halogens is 1. The second-order valence-electron chi connectivity index (χ2n) is 8.17. The molecule has 0 aliphatic rings. The molecule has 0 spiro atoms. The second kappa shape index (κ2) is 13.2. The van der Waals surface area contributed by atoms with Crippen molar-refractivity contribution in [3.63, 3.8) is 0 Å². The minimum absolute atomic E-state index is 0.0186. The maximum Gasteiger partial charge on any atom is 0.215 e. The summed E-state index contributed by atoms with van der Waals surface area (Å²) in [6.45, 7) is 0. The van der Waals surface area contributed by atoms with Crippen LogP contribution in [0.5, 0.6) is 0 Å². The Balaban J connectivity index is 1.70. The van der Waals surface area contributed by atoms with Gasteiger partial charge in [-0.25, -0.2) is 0 Å². The lowest BCUT2D eigenvalue weighted by molar-refractivity contribution is 0.979. The van der Waals surface area contributed by atoms with E-state index in [-0.39, 0.29) is 5.17 Å². The molecule has 0 amide bonds. The predicted octanol–water partition coefficient (Wildman–Crippen LogP) is 5.76. The van der Waals surface area contributed by atoms with Gasteiger partial charge < -0.3 is 0 Å². The fourth-order valence-electron chi connectivity index (χ4n) is 4.21. The van der Waals surface area contributed by atoms with Crippen LogP contribution in [-0.4, -0.2) is 28.2 Å². The van der Waals surface area contributed by atoms with Crippen LogP contribution in [0.15, 0.2) is 126 Å². The largest absolute Gasteiger partial charge is 0.283 e. The molecule has 0 aliphatic heterocycles. The van der Waals surface area contributed by atoms with Crippen molar-refractivity contribution in [1.82, 2.24) is 3.64 Å². The molecule has 0 saturated carbocycles. The zero-order chi connectivity index (χ0) is 24.3. The van der Waals surface area contributed by atoms with Crippen molar-refractivity contribution in [3.8, 4) is 6.07 Å². The average Bonchev–Trinajstić information content (AvgIpc) is 2.94. The first kappa shape index (κ1) is 25.2. The number of nitrogens with zero attached hydrogens (tertiary/aromatic N) is 3. The van der Waals surface area contributed by atoms with Crippen LogP contribution in [0.4, 0.5) is 0 Å². The summed E-state index contributed by atoms with van der Waals surface area (Å²) < 4.78 is 6.85. The lowest BCUT2D eigenvalue weighted by Crippen LogP contribution is -2.34. The summed E-state index contributed by atoms with van der Waals surface area (Å²) in [7, 11) is -1.76. The van der Waals surface area contributed by atoms with Gasteiger partial charge in [-0.05, 0) is 33.9 Å². The molecular weight excluding hydrogens is 502 g/mol. The van der Waals surface area contributed by atoms with E-state index in [1.165, 1.54) is 34.4 Å². The Labute approximate surface area is 221 Å². The first-order chi connectivity index (χ1) is 17.2. The molecule has 35 heavy (non-hydrogen) atoms. The lowest BCUT2D eigenvalue weighted by Gasteiger charge is -2.29. The normalized spacial score (nSPS) is 12.4. The topological polar surface area (TPSA) is 39.4 Å². The molecule has 4 aromatic rings. The van der Waals surface area contributed by atoms with Gasteiger partial charge in [-0.2, -0.15) is 9.66 Å². The smallest absolute Gasteiger partial charge is 0.215 e. The molecule has 4 aromatic carbocycles. The van der Waals surface area contributed by atoms with Crippen molar-refractivity contribution in [2.75, 3.05) is 0 Å². The minimum atomic E-state index is -0.878. The quantitative estimate of drug-likeness (QED) is 0.149. The molecule has 4 rings (SSSR count). The minimum Gasteiger partial charge on any atom is -0.283 e. The van der Waals surface area contributed by atoms with E-state index < -0.39 is 19.4 Å². The molecular formula is C28H26ClN3SSi2. The summed E-state index contributed by atoms with van der Waals surface area (Å²) in [6, 6.07) is 44.8. The summed E-state index contributed by atoms with van der Waals surface area (Å²) in [5, 5.41) is 9.18.